The predicted octanol–water partition coefficient (Wildman–Crippen LogP) is 3.69. The molecule has 1 aliphatic rings. The van der Waals surface area contributed by atoms with Gasteiger partial charge in [-0.1, -0.05) is 26.7 Å². The van der Waals surface area contributed by atoms with Gasteiger partial charge in [0, 0.05) is 17.6 Å². The normalized spacial score (nSPS) is 16.6. The zero-order valence-electron chi connectivity index (χ0n) is 10.3. The second kappa shape index (κ2) is 5.28. The summed E-state index contributed by atoms with van der Waals surface area (Å²) < 4.78 is 0. The van der Waals surface area contributed by atoms with E-state index >= 15 is 0 Å². The zero-order valence-corrected chi connectivity index (χ0v) is 11.1. The number of nitrogens with zero attached hydrogens (tertiary/aromatic N) is 1. The summed E-state index contributed by atoms with van der Waals surface area (Å²) in [6.45, 7) is 4.54. The summed E-state index contributed by atoms with van der Waals surface area (Å²) >= 11 is 1.81. The number of nitrogens with one attached hydrogen (secondary N) is 1. The third-order valence-electron chi connectivity index (χ3n) is 3.25. The van der Waals surface area contributed by atoms with Gasteiger partial charge in [0.05, 0.1) is 5.54 Å². The Hall–Kier alpha value is -0.410. The van der Waals surface area contributed by atoms with E-state index in [0.717, 1.165) is 6.04 Å². The fraction of sp³-hybridized carbons (Fsp3) is 0.769. The van der Waals surface area contributed by atoms with Crippen molar-refractivity contribution in [1.82, 2.24) is 10.3 Å². The van der Waals surface area contributed by atoms with E-state index in [4.69, 9.17) is 0 Å². The summed E-state index contributed by atoms with van der Waals surface area (Å²) in [5.41, 5.74) is 0.166. The topological polar surface area (TPSA) is 24.9 Å². The lowest BCUT2D eigenvalue weighted by atomic mass is 9.89. The van der Waals surface area contributed by atoms with E-state index in [1.54, 1.807) is 11.3 Å². The second-order valence-electron chi connectivity index (χ2n) is 4.84. The van der Waals surface area contributed by atoms with Gasteiger partial charge in [-0.15, -0.1) is 11.3 Å². The van der Waals surface area contributed by atoms with E-state index in [-0.39, 0.29) is 5.54 Å². The van der Waals surface area contributed by atoms with Crippen LogP contribution < -0.4 is 5.32 Å². The molecule has 1 heterocycles. The van der Waals surface area contributed by atoms with E-state index in [1.807, 2.05) is 6.20 Å². The predicted molar refractivity (Wildman–Crippen MR) is 69.8 cm³/mol. The standard InChI is InChI=1S/C13H22N2S/c1-3-7-13(8-4-2,15-11-5-6-11)12-14-9-10-16-12/h9-11,15H,3-8H2,1-2H3. The van der Waals surface area contributed by atoms with Crippen molar-refractivity contribution in [3.8, 4) is 0 Å². The molecule has 0 atom stereocenters. The monoisotopic (exact) mass is 238 g/mol. The number of hydrogen-bond acceptors (Lipinski definition) is 3. The Balaban J connectivity index is 2.19. The highest BCUT2D eigenvalue weighted by molar-refractivity contribution is 7.09. The van der Waals surface area contributed by atoms with Crippen LogP contribution in [0.15, 0.2) is 11.6 Å². The Morgan fingerprint density at radius 3 is 2.50 bits per heavy atom. The van der Waals surface area contributed by atoms with E-state index in [9.17, 15) is 0 Å². The molecular formula is C13H22N2S. The molecule has 2 nitrogen and oxygen atoms in total. The number of rotatable bonds is 7. The highest BCUT2D eigenvalue weighted by Gasteiger charge is 2.37. The summed E-state index contributed by atoms with van der Waals surface area (Å²) in [5, 5.41) is 7.25. The van der Waals surface area contributed by atoms with Crippen molar-refractivity contribution in [3.63, 3.8) is 0 Å². The summed E-state index contributed by atoms with van der Waals surface area (Å²) in [6, 6.07) is 0.752. The van der Waals surface area contributed by atoms with Crippen LogP contribution >= 0.6 is 11.3 Å². The number of aromatic nitrogens is 1. The molecule has 0 amide bonds. The van der Waals surface area contributed by atoms with Crippen molar-refractivity contribution in [2.45, 2.75) is 64.0 Å². The van der Waals surface area contributed by atoms with Crippen LogP contribution in [-0.4, -0.2) is 11.0 Å². The van der Waals surface area contributed by atoms with E-state index in [0.29, 0.717) is 0 Å². The van der Waals surface area contributed by atoms with Crippen molar-refractivity contribution >= 4 is 11.3 Å². The van der Waals surface area contributed by atoms with Crippen LogP contribution in [0.3, 0.4) is 0 Å². The molecule has 90 valence electrons. The number of hydrogen-bond donors (Lipinski definition) is 1. The molecule has 16 heavy (non-hydrogen) atoms. The number of thiazole rings is 1. The molecule has 0 aliphatic heterocycles. The maximum atomic E-state index is 4.56. The van der Waals surface area contributed by atoms with Gasteiger partial charge in [-0.2, -0.15) is 0 Å². The minimum atomic E-state index is 0.166. The Morgan fingerprint density at radius 2 is 2.06 bits per heavy atom. The molecule has 1 aliphatic carbocycles. The van der Waals surface area contributed by atoms with E-state index in [2.05, 4.69) is 29.5 Å². The van der Waals surface area contributed by atoms with Crippen molar-refractivity contribution in [1.29, 1.82) is 0 Å². The first kappa shape index (κ1) is 12.1. The van der Waals surface area contributed by atoms with Gasteiger partial charge < -0.3 is 5.32 Å². The summed E-state index contributed by atoms with van der Waals surface area (Å²) in [5.74, 6) is 0. The fourth-order valence-electron chi connectivity index (χ4n) is 2.48. The molecule has 3 heteroatoms. The summed E-state index contributed by atoms with van der Waals surface area (Å²) in [7, 11) is 0. The average Bonchev–Trinajstić information content (AvgIpc) is 2.90. The molecule has 1 fully saturated rings. The first-order chi connectivity index (χ1) is 7.80. The van der Waals surface area contributed by atoms with Gasteiger partial charge >= 0.3 is 0 Å². The first-order valence-electron chi connectivity index (χ1n) is 6.48. The van der Waals surface area contributed by atoms with Crippen molar-refractivity contribution in [2.75, 3.05) is 0 Å². The van der Waals surface area contributed by atoms with E-state index in [1.165, 1.54) is 43.5 Å². The average molecular weight is 238 g/mol. The van der Waals surface area contributed by atoms with Crippen LogP contribution in [0.4, 0.5) is 0 Å². The summed E-state index contributed by atoms with van der Waals surface area (Å²) in [4.78, 5) is 4.56. The molecule has 1 saturated carbocycles. The van der Waals surface area contributed by atoms with Crippen LogP contribution in [0.2, 0.25) is 0 Å². The van der Waals surface area contributed by atoms with Crippen LogP contribution in [0.1, 0.15) is 57.4 Å². The molecule has 0 aromatic carbocycles. The molecule has 1 N–H and O–H groups in total. The molecular weight excluding hydrogens is 216 g/mol. The molecule has 0 spiro atoms. The SMILES string of the molecule is CCCC(CCC)(NC1CC1)c1nccs1. The molecule has 1 aromatic heterocycles. The Kier molecular flexibility index (Phi) is 3.98. The smallest absolute Gasteiger partial charge is 0.113 e. The van der Waals surface area contributed by atoms with Gasteiger partial charge in [0.15, 0.2) is 0 Å². The molecule has 0 saturated heterocycles. The second-order valence-corrected chi connectivity index (χ2v) is 5.73. The van der Waals surface area contributed by atoms with Gasteiger partial charge in [-0.3, -0.25) is 0 Å². The van der Waals surface area contributed by atoms with Crippen LogP contribution in [0, 0.1) is 0 Å². The van der Waals surface area contributed by atoms with Gasteiger partial charge in [0.2, 0.25) is 0 Å². The Labute approximate surface area is 102 Å². The van der Waals surface area contributed by atoms with Crippen molar-refractivity contribution in [2.24, 2.45) is 0 Å². The maximum absolute atomic E-state index is 4.56. The maximum Gasteiger partial charge on any atom is 0.113 e. The highest BCUT2D eigenvalue weighted by Crippen LogP contribution is 2.36. The highest BCUT2D eigenvalue weighted by atomic mass is 32.1. The molecule has 1 aromatic rings. The van der Waals surface area contributed by atoms with E-state index < -0.39 is 0 Å². The Morgan fingerprint density at radius 1 is 1.38 bits per heavy atom. The molecule has 0 bridgehead atoms. The van der Waals surface area contributed by atoms with Crippen LogP contribution in [-0.2, 0) is 5.54 Å². The van der Waals surface area contributed by atoms with Crippen LogP contribution in [0.5, 0.6) is 0 Å². The first-order valence-corrected chi connectivity index (χ1v) is 7.36. The van der Waals surface area contributed by atoms with Crippen molar-refractivity contribution in [3.05, 3.63) is 16.6 Å². The largest absolute Gasteiger partial charge is 0.303 e. The zero-order chi connectivity index (χ0) is 11.4. The van der Waals surface area contributed by atoms with Gasteiger partial charge in [-0.25, -0.2) is 4.98 Å². The molecule has 0 unspecified atom stereocenters. The minimum Gasteiger partial charge on any atom is -0.303 e. The van der Waals surface area contributed by atoms with Crippen LogP contribution in [0.25, 0.3) is 0 Å². The lowest BCUT2D eigenvalue weighted by molar-refractivity contribution is 0.275. The molecule has 0 radical (unpaired) electrons. The van der Waals surface area contributed by atoms with Gasteiger partial charge in [0.25, 0.3) is 0 Å². The Bertz CT molecular complexity index is 298. The van der Waals surface area contributed by atoms with Gasteiger partial charge in [0.1, 0.15) is 5.01 Å². The molecule has 2 rings (SSSR count). The quantitative estimate of drug-likeness (QED) is 0.783. The fourth-order valence-corrected chi connectivity index (χ4v) is 3.34. The summed E-state index contributed by atoms with van der Waals surface area (Å²) in [6.07, 6.45) is 9.50. The third-order valence-corrected chi connectivity index (χ3v) is 4.23. The lowest BCUT2D eigenvalue weighted by Gasteiger charge is -2.33. The lowest BCUT2D eigenvalue weighted by Crippen LogP contribution is -2.43. The van der Waals surface area contributed by atoms with Crippen molar-refractivity contribution < 1.29 is 0 Å². The van der Waals surface area contributed by atoms with Gasteiger partial charge in [-0.05, 0) is 25.7 Å². The minimum absolute atomic E-state index is 0.166. The third kappa shape index (κ3) is 2.64.